The number of hydrogen-bond donors (Lipinski definition) is 2. The Morgan fingerprint density at radius 3 is 2.52 bits per heavy atom. The topological polar surface area (TPSA) is 70.6 Å². The molecule has 0 saturated carbocycles. The molecule has 1 unspecified atom stereocenters. The van der Waals surface area contributed by atoms with Gasteiger partial charge in [-0.1, -0.05) is 31.5 Å². The van der Waals surface area contributed by atoms with Crippen LogP contribution < -0.4 is 10.6 Å². The normalized spacial score (nSPS) is 13.7. The molecule has 0 aromatic heterocycles. The number of sulfone groups is 1. The lowest BCUT2D eigenvalue weighted by Gasteiger charge is -2.25. The van der Waals surface area contributed by atoms with E-state index in [0.29, 0.717) is 30.5 Å². The highest BCUT2D eigenvalue weighted by Gasteiger charge is 2.24. The van der Waals surface area contributed by atoms with Gasteiger partial charge in [-0.05, 0) is 38.0 Å². The number of guanidine groups is 1. The minimum atomic E-state index is -2.99. The highest BCUT2D eigenvalue weighted by atomic mass is 127. The van der Waals surface area contributed by atoms with E-state index in [2.05, 4.69) is 15.6 Å². The lowest BCUT2D eigenvalue weighted by molar-refractivity contribution is 0.531. The summed E-state index contributed by atoms with van der Waals surface area (Å²) in [5, 5.41) is 6.75. The molecule has 1 aromatic carbocycles. The molecule has 0 bridgehead atoms. The van der Waals surface area contributed by atoms with Crippen molar-refractivity contribution >= 4 is 51.4 Å². The zero-order valence-corrected chi connectivity index (χ0v) is 20.4. The van der Waals surface area contributed by atoms with Crippen molar-refractivity contribution in [3.8, 4) is 0 Å². The molecule has 0 fully saturated rings. The molecular weight excluding hydrogens is 504 g/mol. The first-order chi connectivity index (χ1) is 11.9. The molecule has 9 heteroatoms. The number of rotatable bonds is 8. The second-order valence-corrected chi connectivity index (χ2v) is 9.83. The minimum Gasteiger partial charge on any atom is -0.357 e. The highest BCUT2D eigenvalue weighted by molar-refractivity contribution is 14.0. The van der Waals surface area contributed by atoms with Crippen LogP contribution in [0.2, 0.25) is 5.02 Å². The van der Waals surface area contributed by atoms with Crippen molar-refractivity contribution in [3.05, 3.63) is 34.6 Å². The molecule has 0 amide bonds. The lowest BCUT2D eigenvalue weighted by Crippen LogP contribution is -2.43. The lowest BCUT2D eigenvalue weighted by atomic mass is 9.84. The van der Waals surface area contributed by atoms with E-state index in [1.807, 2.05) is 27.7 Å². The van der Waals surface area contributed by atoms with Crippen LogP contribution in [0.4, 0.5) is 4.39 Å². The van der Waals surface area contributed by atoms with Gasteiger partial charge in [0.2, 0.25) is 0 Å². The summed E-state index contributed by atoms with van der Waals surface area (Å²) in [4.78, 5) is 4.60. The van der Waals surface area contributed by atoms with E-state index in [1.165, 1.54) is 18.4 Å². The summed E-state index contributed by atoms with van der Waals surface area (Å²) in [6, 6.07) is 4.34. The van der Waals surface area contributed by atoms with Gasteiger partial charge in [-0.2, -0.15) is 0 Å². The molecule has 0 heterocycles. The fourth-order valence-corrected chi connectivity index (χ4v) is 3.62. The van der Waals surface area contributed by atoms with Gasteiger partial charge in [0.15, 0.2) is 5.96 Å². The third-order valence-corrected chi connectivity index (χ3v) is 5.23. The molecule has 2 N–H and O–H groups in total. The summed E-state index contributed by atoms with van der Waals surface area (Å²) in [6.45, 7) is 8.98. The molecule has 0 saturated heterocycles. The van der Waals surface area contributed by atoms with E-state index in [9.17, 15) is 12.8 Å². The molecule has 1 aromatic rings. The van der Waals surface area contributed by atoms with Crippen LogP contribution in [0.3, 0.4) is 0 Å². The number of halogens is 3. The number of hydrogen-bond acceptors (Lipinski definition) is 3. The first-order valence-electron chi connectivity index (χ1n) is 8.62. The maximum absolute atomic E-state index is 13.3. The Kier molecular flexibility index (Phi) is 11.1. The van der Waals surface area contributed by atoms with Gasteiger partial charge in [-0.3, -0.25) is 4.99 Å². The molecule has 0 spiro atoms. The van der Waals surface area contributed by atoms with E-state index in [4.69, 9.17) is 11.6 Å². The van der Waals surface area contributed by atoms with Crippen molar-refractivity contribution in [1.82, 2.24) is 10.6 Å². The minimum absolute atomic E-state index is 0. The van der Waals surface area contributed by atoms with Crippen LogP contribution in [0.25, 0.3) is 0 Å². The number of nitrogens with zero attached hydrogens (tertiary/aromatic N) is 1. The summed E-state index contributed by atoms with van der Waals surface area (Å²) in [5.41, 5.74) is 0.439. The molecule has 0 aliphatic carbocycles. The molecule has 156 valence electrons. The quantitative estimate of drug-likeness (QED) is 0.303. The summed E-state index contributed by atoms with van der Waals surface area (Å²) in [7, 11) is -2.99. The van der Waals surface area contributed by atoms with Gasteiger partial charge in [0, 0.05) is 29.3 Å². The Hall–Kier alpha value is -0.610. The summed E-state index contributed by atoms with van der Waals surface area (Å²) >= 11 is 6.18. The van der Waals surface area contributed by atoms with Crippen LogP contribution in [-0.4, -0.2) is 45.5 Å². The Bertz CT molecular complexity index is 742. The molecule has 0 aliphatic heterocycles. The van der Waals surface area contributed by atoms with Gasteiger partial charge >= 0.3 is 0 Å². The van der Waals surface area contributed by atoms with E-state index in [1.54, 1.807) is 6.07 Å². The average molecular weight is 534 g/mol. The van der Waals surface area contributed by atoms with E-state index < -0.39 is 9.84 Å². The van der Waals surface area contributed by atoms with Crippen LogP contribution in [0.15, 0.2) is 23.2 Å². The molecule has 0 aliphatic rings. The first kappa shape index (κ1) is 26.4. The summed E-state index contributed by atoms with van der Waals surface area (Å²) < 4.78 is 35.9. The predicted octanol–water partition coefficient (Wildman–Crippen LogP) is 3.75. The molecule has 1 atom stereocenters. The van der Waals surface area contributed by atoms with Crippen molar-refractivity contribution in [2.45, 2.75) is 45.6 Å². The van der Waals surface area contributed by atoms with E-state index in [-0.39, 0.29) is 47.0 Å². The van der Waals surface area contributed by atoms with Gasteiger partial charge in [0.05, 0.1) is 12.3 Å². The second-order valence-electron chi connectivity index (χ2n) is 7.17. The van der Waals surface area contributed by atoms with Crippen molar-refractivity contribution in [1.29, 1.82) is 0 Å². The van der Waals surface area contributed by atoms with Crippen LogP contribution in [0, 0.1) is 5.82 Å². The molecule has 5 nitrogen and oxygen atoms in total. The maximum atomic E-state index is 13.3. The summed E-state index contributed by atoms with van der Waals surface area (Å²) in [6.07, 6.45) is 1.73. The van der Waals surface area contributed by atoms with Crippen LogP contribution in [0.1, 0.15) is 39.7 Å². The first-order valence-corrected chi connectivity index (χ1v) is 11.1. The van der Waals surface area contributed by atoms with Crippen molar-refractivity contribution in [3.63, 3.8) is 0 Å². The smallest absolute Gasteiger partial charge is 0.191 e. The van der Waals surface area contributed by atoms with E-state index in [0.717, 1.165) is 5.56 Å². The molecular formula is C18H30ClFIN3O2S. The Balaban J connectivity index is 0.00000676. The number of nitrogens with one attached hydrogen (secondary N) is 2. The Morgan fingerprint density at radius 1 is 1.37 bits per heavy atom. The van der Waals surface area contributed by atoms with E-state index >= 15 is 0 Å². The monoisotopic (exact) mass is 533 g/mol. The van der Waals surface area contributed by atoms with Gasteiger partial charge in [-0.25, -0.2) is 12.8 Å². The largest absolute Gasteiger partial charge is 0.357 e. The highest BCUT2D eigenvalue weighted by Crippen LogP contribution is 2.30. The van der Waals surface area contributed by atoms with Crippen LogP contribution in [0.5, 0.6) is 0 Å². The second kappa shape index (κ2) is 11.4. The Labute approximate surface area is 184 Å². The predicted molar refractivity (Wildman–Crippen MR) is 123 cm³/mol. The number of aliphatic imine (C=N–C) groups is 1. The molecule has 27 heavy (non-hydrogen) atoms. The molecule has 0 radical (unpaired) electrons. The fourth-order valence-electron chi connectivity index (χ4n) is 2.42. The Morgan fingerprint density at radius 2 is 2.00 bits per heavy atom. The fraction of sp³-hybridized carbons (Fsp3) is 0.611. The zero-order valence-electron chi connectivity index (χ0n) is 16.5. The van der Waals surface area contributed by atoms with Gasteiger partial charge in [-0.15, -0.1) is 24.0 Å². The van der Waals surface area contributed by atoms with Crippen molar-refractivity contribution in [2.24, 2.45) is 4.99 Å². The average Bonchev–Trinajstić information content (AvgIpc) is 2.50. The third kappa shape index (κ3) is 9.94. The van der Waals surface area contributed by atoms with Gasteiger partial charge in [0.25, 0.3) is 0 Å². The number of benzene rings is 1. The van der Waals surface area contributed by atoms with Crippen LogP contribution >= 0.6 is 35.6 Å². The van der Waals surface area contributed by atoms with Gasteiger partial charge < -0.3 is 10.6 Å². The summed E-state index contributed by atoms with van der Waals surface area (Å²) in [5.74, 6) is 0.365. The van der Waals surface area contributed by atoms with Crippen LogP contribution in [-0.2, 0) is 15.3 Å². The third-order valence-electron chi connectivity index (χ3n) is 3.94. The van der Waals surface area contributed by atoms with Crippen molar-refractivity contribution < 1.29 is 12.8 Å². The SMILES string of the molecule is CCNC(=NCC(C)(C)c1ccc(F)cc1Cl)NC(C)CCS(C)(=O)=O.I. The van der Waals surface area contributed by atoms with Crippen molar-refractivity contribution in [2.75, 3.05) is 25.1 Å². The standard InChI is InChI=1S/C18H29ClFN3O2S.HI/c1-6-21-17(23-13(2)9-10-26(5,24)25)22-12-18(3,4)15-8-7-14(20)11-16(15)19;/h7-8,11,13H,6,9-10,12H2,1-5H3,(H2,21,22,23);1H. The molecule has 1 rings (SSSR count). The van der Waals surface area contributed by atoms with Gasteiger partial charge in [0.1, 0.15) is 15.7 Å². The maximum Gasteiger partial charge on any atom is 0.191 e. The zero-order chi connectivity index (χ0) is 20.0.